The largest absolute Gasteiger partial charge is 0.323 e. The second-order valence-corrected chi connectivity index (χ2v) is 5.25. The molecule has 0 saturated carbocycles. The predicted molar refractivity (Wildman–Crippen MR) is 67.3 cm³/mol. The lowest BCUT2D eigenvalue weighted by Gasteiger charge is -2.36. The number of hydrogen-bond donors (Lipinski definition) is 0. The molecule has 2 rings (SSSR count). The molecule has 1 aromatic rings. The first kappa shape index (κ1) is 14.7. The molecule has 0 bridgehead atoms. The van der Waals surface area contributed by atoms with Crippen LogP contribution in [0.4, 0.5) is 17.6 Å². The summed E-state index contributed by atoms with van der Waals surface area (Å²) in [5, 5.41) is 0. The first-order valence-electron chi connectivity index (χ1n) is 5.62. The zero-order valence-electron chi connectivity index (χ0n) is 10.1. The minimum atomic E-state index is -2.00. The summed E-state index contributed by atoms with van der Waals surface area (Å²) in [6.07, 6.45) is 5.13. The maximum atomic E-state index is 13.6. The zero-order valence-corrected chi connectivity index (χ0v) is 10.9. The minimum absolute atomic E-state index is 0.107. The molecule has 1 aromatic carbocycles. The summed E-state index contributed by atoms with van der Waals surface area (Å²) in [6, 6.07) is 0.143. The molecule has 1 aliphatic rings. The van der Waals surface area contributed by atoms with Gasteiger partial charge in [0.05, 0.1) is 18.2 Å². The van der Waals surface area contributed by atoms with E-state index in [1.807, 2.05) is 0 Å². The number of terminal acetylenes is 1. The lowest BCUT2D eigenvalue weighted by molar-refractivity contribution is 0.0724. The highest BCUT2D eigenvalue weighted by molar-refractivity contribution is 8.00. The van der Waals surface area contributed by atoms with Gasteiger partial charge in [0.1, 0.15) is 0 Å². The third kappa shape index (κ3) is 2.48. The average molecular weight is 303 g/mol. The SMILES string of the molecule is C#CCN(C(=O)c1cc(F)c(F)c(F)c1F)C1CSC1. The standard InChI is InChI=1S/C13H9F4NOS/c1-2-3-18(7-5-20-6-7)13(19)8-4-9(14)11(16)12(17)10(8)15/h1,4,7H,3,5-6H2. The molecule has 0 aromatic heterocycles. The molecule has 0 radical (unpaired) electrons. The van der Waals surface area contributed by atoms with Crippen LogP contribution < -0.4 is 0 Å². The van der Waals surface area contributed by atoms with Crippen LogP contribution in [0.3, 0.4) is 0 Å². The maximum Gasteiger partial charge on any atom is 0.258 e. The molecule has 0 unspecified atom stereocenters. The van der Waals surface area contributed by atoms with Crippen LogP contribution in [-0.2, 0) is 0 Å². The summed E-state index contributed by atoms with van der Waals surface area (Å²) in [7, 11) is 0. The highest BCUT2D eigenvalue weighted by atomic mass is 32.2. The number of amides is 1. The fourth-order valence-electron chi connectivity index (χ4n) is 1.75. The molecule has 0 N–H and O–H groups in total. The number of carbonyl (C=O) groups excluding carboxylic acids is 1. The fourth-order valence-corrected chi connectivity index (χ4v) is 2.56. The van der Waals surface area contributed by atoms with E-state index < -0.39 is 34.7 Å². The van der Waals surface area contributed by atoms with Crippen molar-refractivity contribution in [2.75, 3.05) is 18.1 Å². The first-order chi connectivity index (χ1) is 9.47. The number of halogens is 4. The molecule has 1 fully saturated rings. The van der Waals surface area contributed by atoms with Crippen molar-refractivity contribution in [3.63, 3.8) is 0 Å². The van der Waals surface area contributed by atoms with E-state index in [2.05, 4.69) is 5.92 Å². The van der Waals surface area contributed by atoms with E-state index in [-0.39, 0.29) is 12.6 Å². The predicted octanol–water partition coefficient (Wildman–Crippen LogP) is 2.43. The van der Waals surface area contributed by atoms with Crippen molar-refractivity contribution in [3.05, 3.63) is 34.9 Å². The van der Waals surface area contributed by atoms with Crippen LogP contribution in [0.15, 0.2) is 6.07 Å². The van der Waals surface area contributed by atoms with E-state index >= 15 is 0 Å². The second-order valence-electron chi connectivity index (χ2n) is 4.18. The molecule has 20 heavy (non-hydrogen) atoms. The Morgan fingerprint density at radius 2 is 1.95 bits per heavy atom. The summed E-state index contributed by atoms with van der Waals surface area (Å²) in [5.74, 6) is -4.74. The molecule has 1 heterocycles. The molecule has 1 amide bonds. The highest BCUT2D eigenvalue weighted by Gasteiger charge is 2.32. The number of hydrogen-bond acceptors (Lipinski definition) is 2. The normalized spacial score (nSPS) is 14.6. The Bertz CT molecular complexity index is 595. The third-order valence-electron chi connectivity index (χ3n) is 2.92. The van der Waals surface area contributed by atoms with Crippen LogP contribution in [0, 0.1) is 35.6 Å². The highest BCUT2D eigenvalue weighted by Crippen LogP contribution is 2.26. The van der Waals surface area contributed by atoms with E-state index in [4.69, 9.17) is 6.42 Å². The van der Waals surface area contributed by atoms with Crippen molar-refractivity contribution in [3.8, 4) is 12.3 Å². The molecular formula is C13H9F4NOS. The van der Waals surface area contributed by atoms with Crippen molar-refractivity contribution in [1.82, 2.24) is 4.90 Å². The van der Waals surface area contributed by atoms with Crippen LogP contribution in [0.1, 0.15) is 10.4 Å². The van der Waals surface area contributed by atoms with Gasteiger partial charge in [-0.1, -0.05) is 5.92 Å². The van der Waals surface area contributed by atoms with Crippen molar-refractivity contribution < 1.29 is 22.4 Å². The smallest absolute Gasteiger partial charge is 0.258 e. The van der Waals surface area contributed by atoms with Crippen molar-refractivity contribution in [1.29, 1.82) is 0 Å². The second kappa shape index (κ2) is 5.75. The van der Waals surface area contributed by atoms with Gasteiger partial charge in [-0.25, -0.2) is 17.6 Å². The Morgan fingerprint density at radius 1 is 1.30 bits per heavy atom. The van der Waals surface area contributed by atoms with Crippen LogP contribution in [-0.4, -0.2) is 34.9 Å². The van der Waals surface area contributed by atoms with Gasteiger partial charge >= 0.3 is 0 Å². The van der Waals surface area contributed by atoms with E-state index in [9.17, 15) is 22.4 Å². The van der Waals surface area contributed by atoms with Gasteiger partial charge < -0.3 is 4.90 Å². The number of rotatable bonds is 3. The van der Waals surface area contributed by atoms with E-state index in [0.29, 0.717) is 17.6 Å². The van der Waals surface area contributed by atoms with Crippen molar-refractivity contribution >= 4 is 17.7 Å². The molecule has 1 saturated heterocycles. The van der Waals surface area contributed by atoms with Crippen molar-refractivity contribution in [2.24, 2.45) is 0 Å². The Hall–Kier alpha value is -1.68. The minimum Gasteiger partial charge on any atom is -0.323 e. The summed E-state index contributed by atoms with van der Waals surface area (Å²) >= 11 is 1.56. The lowest BCUT2D eigenvalue weighted by atomic mass is 10.1. The maximum absolute atomic E-state index is 13.6. The molecule has 2 nitrogen and oxygen atoms in total. The van der Waals surface area contributed by atoms with E-state index in [1.54, 1.807) is 11.8 Å². The van der Waals surface area contributed by atoms with E-state index in [1.165, 1.54) is 0 Å². The Balaban J connectivity index is 2.39. The molecule has 0 atom stereocenters. The van der Waals surface area contributed by atoms with E-state index in [0.717, 1.165) is 4.90 Å². The monoisotopic (exact) mass is 303 g/mol. The fraction of sp³-hybridized carbons (Fsp3) is 0.308. The Morgan fingerprint density at radius 3 is 2.45 bits per heavy atom. The molecular weight excluding hydrogens is 294 g/mol. The summed E-state index contributed by atoms with van der Waals surface area (Å²) in [6.45, 7) is -0.107. The van der Waals surface area contributed by atoms with Gasteiger partial charge in [0.15, 0.2) is 23.3 Å². The summed E-state index contributed by atoms with van der Waals surface area (Å²) in [5.41, 5.74) is -0.853. The summed E-state index contributed by atoms with van der Waals surface area (Å²) < 4.78 is 52.7. The van der Waals surface area contributed by atoms with Crippen LogP contribution in [0.5, 0.6) is 0 Å². The number of thioether (sulfide) groups is 1. The molecule has 0 aliphatic carbocycles. The topological polar surface area (TPSA) is 20.3 Å². The van der Waals surface area contributed by atoms with Gasteiger partial charge in [-0.2, -0.15) is 11.8 Å². The quantitative estimate of drug-likeness (QED) is 0.370. The lowest BCUT2D eigenvalue weighted by Crippen LogP contribution is -2.48. The number of carbonyl (C=O) groups is 1. The van der Waals surface area contributed by atoms with Crippen LogP contribution in [0.2, 0.25) is 0 Å². The molecule has 7 heteroatoms. The van der Waals surface area contributed by atoms with Crippen LogP contribution in [0.25, 0.3) is 0 Å². The van der Waals surface area contributed by atoms with Gasteiger partial charge in [-0.15, -0.1) is 6.42 Å². The Labute approximate surface area is 117 Å². The molecule has 1 aliphatic heterocycles. The number of nitrogens with zero attached hydrogens (tertiary/aromatic N) is 1. The third-order valence-corrected chi connectivity index (χ3v) is 4.16. The zero-order chi connectivity index (χ0) is 14.9. The number of benzene rings is 1. The first-order valence-corrected chi connectivity index (χ1v) is 6.78. The van der Waals surface area contributed by atoms with Gasteiger partial charge in [-0.3, -0.25) is 4.79 Å². The van der Waals surface area contributed by atoms with Crippen LogP contribution >= 0.6 is 11.8 Å². The Kier molecular flexibility index (Phi) is 4.23. The van der Waals surface area contributed by atoms with Gasteiger partial charge in [0, 0.05) is 11.5 Å². The van der Waals surface area contributed by atoms with Gasteiger partial charge in [-0.05, 0) is 6.07 Å². The molecule has 0 spiro atoms. The van der Waals surface area contributed by atoms with Crippen molar-refractivity contribution in [2.45, 2.75) is 6.04 Å². The average Bonchev–Trinajstić information content (AvgIpc) is 2.37. The van der Waals surface area contributed by atoms with Gasteiger partial charge in [0.25, 0.3) is 5.91 Å². The van der Waals surface area contributed by atoms with Gasteiger partial charge in [0.2, 0.25) is 0 Å². The summed E-state index contributed by atoms with van der Waals surface area (Å²) in [4.78, 5) is 13.3. The molecule has 106 valence electrons.